The van der Waals surface area contributed by atoms with Gasteiger partial charge < -0.3 is 14.6 Å². The molecule has 6 nitrogen and oxygen atoms in total. The van der Waals surface area contributed by atoms with E-state index in [9.17, 15) is 13.2 Å². The molecule has 0 aliphatic rings. The molecule has 0 amide bonds. The highest BCUT2D eigenvalue weighted by atomic mass is 32.1. The zero-order valence-electron chi connectivity index (χ0n) is 20.3. The maximum absolute atomic E-state index is 12.4. The van der Waals surface area contributed by atoms with Crippen LogP contribution in [0.5, 0.6) is 5.75 Å². The number of hydrogen-bond donors (Lipinski definition) is 2. The van der Waals surface area contributed by atoms with E-state index < -0.39 is 6.36 Å². The van der Waals surface area contributed by atoms with Crippen LogP contribution >= 0.6 is 12.2 Å². The van der Waals surface area contributed by atoms with Gasteiger partial charge in [0.05, 0.1) is 11.6 Å². The number of benzene rings is 4. The quantitative estimate of drug-likeness (QED) is 0.138. The molecule has 0 saturated carbocycles. The Morgan fingerprint density at radius 2 is 1.68 bits per heavy atom. The number of aromatic nitrogens is 1. The minimum absolute atomic E-state index is 0.301. The number of halogens is 3. The fraction of sp³-hybridized carbons (Fsp3) is 0.107. The third-order valence-corrected chi connectivity index (χ3v) is 6.13. The first-order chi connectivity index (χ1) is 18.2. The fourth-order valence-electron chi connectivity index (χ4n) is 4.17. The van der Waals surface area contributed by atoms with Gasteiger partial charge in [0.1, 0.15) is 11.4 Å². The Bertz CT molecular complexity index is 1660. The van der Waals surface area contributed by atoms with Gasteiger partial charge in [-0.15, -0.1) is 13.2 Å². The van der Waals surface area contributed by atoms with Gasteiger partial charge >= 0.3 is 6.36 Å². The highest BCUT2D eigenvalue weighted by Crippen LogP contribution is 2.34. The molecule has 0 aliphatic heterocycles. The van der Waals surface area contributed by atoms with Gasteiger partial charge in [-0.3, -0.25) is 5.43 Å². The van der Waals surface area contributed by atoms with E-state index >= 15 is 0 Å². The Morgan fingerprint density at radius 1 is 0.974 bits per heavy atom. The van der Waals surface area contributed by atoms with E-state index in [-0.39, 0.29) is 5.75 Å². The van der Waals surface area contributed by atoms with Gasteiger partial charge in [-0.2, -0.15) is 5.10 Å². The Kier molecular flexibility index (Phi) is 6.73. The van der Waals surface area contributed by atoms with Gasteiger partial charge in [-0.25, -0.2) is 0 Å². The molecule has 0 saturated heterocycles. The van der Waals surface area contributed by atoms with Crippen LogP contribution in [0.4, 0.5) is 18.9 Å². The molecule has 0 aliphatic carbocycles. The van der Waals surface area contributed by atoms with Crippen molar-refractivity contribution >= 4 is 51.0 Å². The summed E-state index contributed by atoms with van der Waals surface area (Å²) >= 11 is 5.36. The lowest BCUT2D eigenvalue weighted by atomic mass is 10.0. The number of fused-ring (bicyclic) bond motifs is 3. The van der Waals surface area contributed by atoms with E-state index in [1.165, 1.54) is 24.3 Å². The second kappa shape index (κ2) is 10.1. The summed E-state index contributed by atoms with van der Waals surface area (Å²) in [6.45, 7) is 4.02. The molecule has 5 rings (SSSR count). The Labute approximate surface area is 221 Å². The number of anilines is 1. The van der Waals surface area contributed by atoms with Crippen molar-refractivity contribution in [2.45, 2.75) is 20.2 Å². The summed E-state index contributed by atoms with van der Waals surface area (Å²) in [5, 5.41) is 14.5. The number of rotatable bonds is 5. The maximum Gasteiger partial charge on any atom is 0.573 e. The molecule has 2 N–H and O–H groups in total. The van der Waals surface area contributed by atoms with E-state index in [1.807, 2.05) is 62.4 Å². The zero-order chi connectivity index (χ0) is 26.9. The normalized spacial score (nSPS) is 11.8. The van der Waals surface area contributed by atoms with Crippen LogP contribution in [-0.4, -0.2) is 22.8 Å². The topological polar surface area (TPSA) is 71.7 Å². The van der Waals surface area contributed by atoms with Crippen LogP contribution in [-0.2, 0) is 0 Å². The summed E-state index contributed by atoms with van der Waals surface area (Å²) in [6, 6.07) is 21.1. The average molecular weight is 535 g/mol. The SMILES string of the molecule is Cc1cccc(C)c1NC(=S)N/N=C/c1ccc2c(ccc3c(-c4ccc(OC(F)(F)F)cc4)noc32)c1. The summed E-state index contributed by atoms with van der Waals surface area (Å²) in [5.41, 5.74) is 8.52. The third kappa shape index (κ3) is 5.45. The number of para-hydroxylation sites is 1. The molecule has 1 heterocycles. The number of aryl methyl sites for hydroxylation is 2. The largest absolute Gasteiger partial charge is 0.573 e. The lowest BCUT2D eigenvalue weighted by Gasteiger charge is -2.12. The second-order valence-corrected chi connectivity index (χ2v) is 9.03. The lowest BCUT2D eigenvalue weighted by Crippen LogP contribution is -2.24. The minimum Gasteiger partial charge on any atom is -0.406 e. The van der Waals surface area contributed by atoms with Crippen molar-refractivity contribution in [3.8, 4) is 17.0 Å². The molecule has 10 heteroatoms. The average Bonchev–Trinajstić information content (AvgIpc) is 3.30. The monoisotopic (exact) mass is 534 g/mol. The van der Waals surface area contributed by atoms with Gasteiger partial charge in [0.25, 0.3) is 0 Å². The molecular formula is C28H21F3N4O2S. The Balaban J connectivity index is 1.32. The first-order valence-corrected chi connectivity index (χ1v) is 11.9. The number of ether oxygens (including phenoxy) is 1. The summed E-state index contributed by atoms with van der Waals surface area (Å²) in [6.07, 6.45) is -3.08. The van der Waals surface area contributed by atoms with Crippen LogP contribution in [0, 0.1) is 13.8 Å². The van der Waals surface area contributed by atoms with Crippen LogP contribution in [0.25, 0.3) is 33.0 Å². The predicted octanol–water partition coefficient (Wildman–Crippen LogP) is 7.48. The van der Waals surface area contributed by atoms with Crippen molar-refractivity contribution < 1.29 is 22.4 Å². The van der Waals surface area contributed by atoms with Gasteiger partial charge in [-0.1, -0.05) is 35.5 Å². The Morgan fingerprint density at radius 3 is 2.39 bits per heavy atom. The molecule has 0 radical (unpaired) electrons. The van der Waals surface area contributed by atoms with Gasteiger partial charge in [0.15, 0.2) is 10.7 Å². The minimum atomic E-state index is -4.75. The maximum atomic E-state index is 12.4. The summed E-state index contributed by atoms with van der Waals surface area (Å²) < 4.78 is 46.9. The number of hydrazone groups is 1. The fourth-order valence-corrected chi connectivity index (χ4v) is 4.32. The highest BCUT2D eigenvalue weighted by molar-refractivity contribution is 7.80. The van der Waals surface area contributed by atoms with E-state index in [0.29, 0.717) is 22.0 Å². The van der Waals surface area contributed by atoms with Crippen LogP contribution in [0.3, 0.4) is 0 Å². The van der Waals surface area contributed by atoms with Crippen molar-refractivity contribution in [2.24, 2.45) is 5.10 Å². The second-order valence-electron chi connectivity index (χ2n) is 8.62. The van der Waals surface area contributed by atoms with Crippen molar-refractivity contribution in [2.75, 3.05) is 5.32 Å². The molecule has 38 heavy (non-hydrogen) atoms. The summed E-state index contributed by atoms with van der Waals surface area (Å²) in [7, 11) is 0. The van der Waals surface area contributed by atoms with Crippen LogP contribution in [0.15, 0.2) is 82.4 Å². The van der Waals surface area contributed by atoms with Gasteiger partial charge in [0, 0.05) is 16.6 Å². The number of thiocarbonyl (C=S) groups is 1. The van der Waals surface area contributed by atoms with E-state index in [0.717, 1.165) is 38.5 Å². The standard InChI is InChI=1S/C28H21F3N4O2S/c1-16-4-3-5-17(2)24(16)33-27(38)34-32-15-18-6-12-22-20(14-18)9-13-23-25(35-37-26(22)23)19-7-10-21(11-8-19)36-28(29,30)31/h3-15H,1-2H3,(H2,33,34,38)/b32-15+. The van der Waals surface area contributed by atoms with Crippen molar-refractivity contribution in [3.05, 3.63) is 89.5 Å². The summed E-state index contributed by atoms with van der Waals surface area (Å²) in [4.78, 5) is 0. The van der Waals surface area contributed by atoms with Gasteiger partial charge in [-0.05, 0) is 90.6 Å². The lowest BCUT2D eigenvalue weighted by molar-refractivity contribution is -0.274. The highest BCUT2D eigenvalue weighted by Gasteiger charge is 2.31. The number of nitrogens with zero attached hydrogens (tertiary/aromatic N) is 2. The van der Waals surface area contributed by atoms with Crippen molar-refractivity contribution in [1.29, 1.82) is 0 Å². The smallest absolute Gasteiger partial charge is 0.406 e. The van der Waals surface area contributed by atoms with Crippen molar-refractivity contribution in [3.63, 3.8) is 0 Å². The van der Waals surface area contributed by atoms with Crippen LogP contribution in [0.2, 0.25) is 0 Å². The molecule has 0 bridgehead atoms. The third-order valence-electron chi connectivity index (χ3n) is 5.94. The molecule has 0 spiro atoms. The molecule has 0 unspecified atom stereocenters. The van der Waals surface area contributed by atoms with Crippen molar-refractivity contribution in [1.82, 2.24) is 10.6 Å². The predicted molar refractivity (Wildman–Crippen MR) is 147 cm³/mol. The van der Waals surface area contributed by atoms with Crippen LogP contribution < -0.4 is 15.5 Å². The first kappa shape index (κ1) is 25.2. The molecule has 0 atom stereocenters. The number of hydrogen-bond acceptors (Lipinski definition) is 5. The number of nitrogens with one attached hydrogen (secondary N) is 2. The van der Waals surface area contributed by atoms with Gasteiger partial charge in [0.2, 0.25) is 0 Å². The van der Waals surface area contributed by atoms with Crippen LogP contribution in [0.1, 0.15) is 16.7 Å². The molecule has 0 fully saturated rings. The summed E-state index contributed by atoms with van der Waals surface area (Å²) in [5.74, 6) is -0.301. The van der Waals surface area contributed by atoms with E-state index in [4.69, 9.17) is 16.7 Å². The molecule has 4 aromatic carbocycles. The molecular weight excluding hydrogens is 513 g/mol. The molecule has 5 aromatic rings. The van der Waals surface area contributed by atoms with E-state index in [1.54, 1.807) is 6.21 Å². The van der Waals surface area contributed by atoms with E-state index in [2.05, 4.69) is 25.7 Å². The molecule has 1 aromatic heterocycles. The zero-order valence-corrected chi connectivity index (χ0v) is 21.1. The first-order valence-electron chi connectivity index (χ1n) is 11.5. The Hall–Kier alpha value is -4.44. The molecule has 192 valence electrons. The number of alkyl halides is 3.